The minimum absolute atomic E-state index is 0.104. The van der Waals surface area contributed by atoms with Gasteiger partial charge >= 0.3 is 0 Å². The number of ether oxygens (including phenoxy) is 2. The highest BCUT2D eigenvalue weighted by molar-refractivity contribution is 5.93. The molecule has 2 atom stereocenters. The largest absolute Gasteiger partial charge is 0.379 e. The molecule has 0 radical (unpaired) electrons. The van der Waals surface area contributed by atoms with Crippen LogP contribution in [-0.4, -0.2) is 46.4 Å². The molecule has 7 heteroatoms. The Morgan fingerprint density at radius 1 is 1.30 bits per heavy atom. The van der Waals surface area contributed by atoms with E-state index in [0.717, 1.165) is 5.69 Å². The minimum Gasteiger partial charge on any atom is -0.379 e. The van der Waals surface area contributed by atoms with Crippen LogP contribution in [0.3, 0.4) is 0 Å². The van der Waals surface area contributed by atoms with Gasteiger partial charge in [0.1, 0.15) is 6.10 Å². The molecule has 2 aromatic rings. The number of pyridine rings is 1. The van der Waals surface area contributed by atoms with Gasteiger partial charge in [-0.1, -0.05) is 6.07 Å². The van der Waals surface area contributed by atoms with E-state index in [1.54, 1.807) is 12.3 Å². The van der Waals surface area contributed by atoms with E-state index < -0.39 is 0 Å². The molecule has 2 aromatic heterocycles. The topological polar surface area (TPSA) is 86.2 Å². The lowest BCUT2D eigenvalue weighted by molar-refractivity contribution is -0.0743. The van der Waals surface area contributed by atoms with E-state index >= 15 is 0 Å². The normalized spacial score (nSPS) is 20.9. The maximum Gasteiger partial charge on any atom is 0.253 e. The van der Waals surface area contributed by atoms with Gasteiger partial charge in [0.2, 0.25) is 0 Å². The molecule has 0 unspecified atom stereocenters. The quantitative estimate of drug-likeness (QED) is 0.885. The molecular weight excluding hydrogens is 296 g/mol. The van der Waals surface area contributed by atoms with Crippen molar-refractivity contribution in [2.45, 2.75) is 25.2 Å². The fourth-order valence-electron chi connectivity index (χ4n) is 2.39. The summed E-state index contributed by atoms with van der Waals surface area (Å²) in [5.74, 6) is -0.182. The highest BCUT2D eigenvalue weighted by Gasteiger charge is 2.28. The van der Waals surface area contributed by atoms with Crippen molar-refractivity contribution in [2.75, 3.05) is 13.2 Å². The molecule has 3 rings (SSSR count). The lowest BCUT2D eigenvalue weighted by Gasteiger charge is -2.32. The van der Waals surface area contributed by atoms with E-state index in [0.29, 0.717) is 31.8 Å². The molecule has 120 valence electrons. The Hall–Kier alpha value is -2.38. The fraction of sp³-hybridized carbons (Fsp3) is 0.375. The Morgan fingerprint density at radius 3 is 3.04 bits per heavy atom. The van der Waals surface area contributed by atoms with Gasteiger partial charge in [0, 0.05) is 12.8 Å². The second kappa shape index (κ2) is 7.75. The Kier molecular flexibility index (Phi) is 5.23. The van der Waals surface area contributed by atoms with E-state index in [2.05, 4.69) is 20.5 Å². The number of hydrogen-bond acceptors (Lipinski definition) is 6. The predicted molar refractivity (Wildman–Crippen MR) is 81.5 cm³/mol. The first-order chi connectivity index (χ1) is 11.3. The average molecular weight is 314 g/mol. The summed E-state index contributed by atoms with van der Waals surface area (Å²) in [6.07, 6.45) is 5.17. The summed E-state index contributed by atoms with van der Waals surface area (Å²) >= 11 is 0. The zero-order chi connectivity index (χ0) is 15.9. The SMILES string of the molecule is O=C(N[C@@H]1CCOC[C@H]1OCc1ccccn1)c1ccnnc1. The van der Waals surface area contributed by atoms with Crippen LogP contribution in [0.15, 0.2) is 42.9 Å². The molecule has 0 bridgehead atoms. The van der Waals surface area contributed by atoms with E-state index in [-0.39, 0.29) is 18.1 Å². The third-order valence-electron chi connectivity index (χ3n) is 3.64. The third kappa shape index (κ3) is 4.30. The smallest absolute Gasteiger partial charge is 0.253 e. The summed E-state index contributed by atoms with van der Waals surface area (Å²) in [4.78, 5) is 16.5. The number of rotatable bonds is 5. The number of nitrogens with zero attached hydrogens (tertiary/aromatic N) is 3. The van der Waals surface area contributed by atoms with Gasteiger partial charge in [-0.3, -0.25) is 9.78 Å². The van der Waals surface area contributed by atoms with Gasteiger partial charge in [0.15, 0.2) is 0 Å². The first-order valence-corrected chi connectivity index (χ1v) is 7.50. The molecule has 1 aliphatic heterocycles. The van der Waals surface area contributed by atoms with E-state index in [9.17, 15) is 4.79 Å². The van der Waals surface area contributed by atoms with Gasteiger partial charge in [-0.25, -0.2) is 0 Å². The average Bonchev–Trinajstić information content (AvgIpc) is 2.62. The standard InChI is InChI=1S/C16H18N4O3/c21-16(12-4-7-18-19-9-12)20-14-5-8-22-11-15(14)23-10-13-3-1-2-6-17-13/h1-4,6-7,9,14-15H,5,8,10-11H2,(H,20,21)/t14-,15-/m1/s1. The summed E-state index contributed by atoms with van der Waals surface area (Å²) in [5, 5.41) is 10.4. The maximum absolute atomic E-state index is 12.2. The van der Waals surface area contributed by atoms with Crippen LogP contribution in [0.2, 0.25) is 0 Å². The van der Waals surface area contributed by atoms with Crippen molar-refractivity contribution in [1.82, 2.24) is 20.5 Å². The minimum atomic E-state index is -0.204. The van der Waals surface area contributed by atoms with E-state index in [1.807, 2.05) is 18.2 Å². The van der Waals surface area contributed by atoms with Crippen LogP contribution < -0.4 is 5.32 Å². The molecular formula is C16H18N4O3. The molecule has 1 amide bonds. The van der Waals surface area contributed by atoms with Crippen LogP contribution in [0.1, 0.15) is 22.5 Å². The Labute approximate surface area is 134 Å². The molecule has 0 saturated carbocycles. The number of carbonyl (C=O) groups is 1. The molecule has 1 fully saturated rings. The molecule has 0 aliphatic carbocycles. The third-order valence-corrected chi connectivity index (χ3v) is 3.64. The molecule has 0 aromatic carbocycles. The highest BCUT2D eigenvalue weighted by Crippen LogP contribution is 2.14. The lowest BCUT2D eigenvalue weighted by atomic mass is 10.1. The van der Waals surface area contributed by atoms with Gasteiger partial charge in [-0.2, -0.15) is 10.2 Å². The van der Waals surface area contributed by atoms with Crippen LogP contribution in [0.5, 0.6) is 0 Å². The number of aromatic nitrogens is 3. The molecule has 7 nitrogen and oxygen atoms in total. The van der Waals surface area contributed by atoms with Gasteiger partial charge in [0.05, 0.1) is 42.9 Å². The van der Waals surface area contributed by atoms with Crippen molar-refractivity contribution in [3.05, 3.63) is 54.1 Å². The van der Waals surface area contributed by atoms with Gasteiger partial charge < -0.3 is 14.8 Å². The fourth-order valence-corrected chi connectivity index (χ4v) is 2.39. The van der Waals surface area contributed by atoms with Crippen molar-refractivity contribution in [1.29, 1.82) is 0 Å². The molecule has 1 aliphatic rings. The lowest BCUT2D eigenvalue weighted by Crippen LogP contribution is -2.50. The van der Waals surface area contributed by atoms with Crippen molar-refractivity contribution >= 4 is 5.91 Å². The van der Waals surface area contributed by atoms with Gasteiger partial charge in [0.25, 0.3) is 5.91 Å². The molecule has 1 N–H and O–H groups in total. The zero-order valence-corrected chi connectivity index (χ0v) is 12.6. The second-order valence-corrected chi connectivity index (χ2v) is 5.25. The van der Waals surface area contributed by atoms with Crippen LogP contribution in [0, 0.1) is 0 Å². The first kappa shape index (κ1) is 15.5. The van der Waals surface area contributed by atoms with Crippen molar-refractivity contribution in [2.24, 2.45) is 0 Å². The number of nitrogens with one attached hydrogen (secondary N) is 1. The van der Waals surface area contributed by atoms with Crippen molar-refractivity contribution in [3.63, 3.8) is 0 Å². The number of carbonyl (C=O) groups excluding carboxylic acids is 1. The van der Waals surface area contributed by atoms with Crippen molar-refractivity contribution in [3.8, 4) is 0 Å². The molecule has 1 saturated heterocycles. The van der Waals surface area contributed by atoms with Gasteiger partial charge in [-0.15, -0.1) is 0 Å². The molecule has 23 heavy (non-hydrogen) atoms. The summed E-state index contributed by atoms with van der Waals surface area (Å²) < 4.78 is 11.4. The Balaban J connectivity index is 1.59. The monoisotopic (exact) mass is 314 g/mol. The second-order valence-electron chi connectivity index (χ2n) is 5.25. The molecule has 3 heterocycles. The Bertz CT molecular complexity index is 624. The number of amides is 1. The van der Waals surface area contributed by atoms with Crippen LogP contribution in [0.4, 0.5) is 0 Å². The number of hydrogen-bond donors (Lipinski definition) is 1. The maximum atomic E-state index is 12.2. The van der Waals surface area contributed by atoms with Gasteiger partial charge in [-0.05, 0) is 24.6 Å². The predicted octanol–water partition coefficient (Wildman–Crippen LogP) is 0.976. The van der Waals surface area contributed by atoms with E-state index in [4.69, 9.17) is 9.47 Å². The summed E-state index contributed by atoms with van der Waals surface area (Å²) in [6.45, 7) is 1.44. The molecule has 0 spiro atoms. The van der Waals surface area contributed by atoms with E-state index in [1.165, 1.54) is 12.4 Å². The summed E-state index contributed by atoms with van der Waals surface area (Å²) in [6, 6.07) is 7.21. The van der Waals surface area contributed by atoms with Crippen LogP contribution >= 0.6 is 0 Å². The summed E-state index contributed by atoms with van der Waals surface area (Å²) in [5.41, 5.74) is 1.33. The zero-order valence-electron chi connectivity index (χ0n) is 12.6. The summed E-state index contributed by atoms with van der Waals surface area (Å²) in [7, 11) is 0. The van der Waals surface area contributed by atoms with Crippen molar-refractivity contribution < 1.29 is 14.3 Å². The van der Waals surface area contributed by atoms with Crippen LogP contribution in [0.25, 0.3) is 0 Å². The first-order valence-electron chi connectivity index (χ1n) is 7.50. The highest BCUT2D eigenvalue weighted by atomic mass is 16.5. The van der Waals surface area contributed by atoms with Crippen LogP contribution in [-0.2, 0) is 16.1 Å². The Morgan fingerprint density at radius 2 is 2.26 bits per heavy atom.